The zero-order chi connectivity index (χ0) is 15.0. The Morgan fingerprint density at radius 2 is 1.90 bits per heavy atom. The average Bonchev–Trinajstić information content (AvgIpc) is 2.49. The normalized spacial score (nSPS) is 11.8. The Labute approximate surface area is 120 Å². The van der Waals surface area contributed by atoms with Gasteiger partial charge in [-0.2, -0.15) is 0 Å². The van der Waals surface area contributed by atoms with Crippen LogP contribution in [0.25, 0.3) is 0 Å². The van der Waals surface area contributed by atoms with Crippen molar-refractivity contribution in [2.45, 2.75) is 13.3 Å². The van der Waals surface area contributed by atoms with E-state index in [4.69, 9.17) is 15.2 Å². The third-order valence-corrected chi connectivity index (χ3v) is 3.26. The first-order valence-electron chi connectivity index (χ1n) is 6.84. The van der Waals surface area contributed by atoms with E-state index in [9.17, 15) is 4.79 Å². The Kier molecular flexibility index (Phi) is 6.87. The standard InChI is InChI=1S/C15H24N2O3/c1-4-12(11-16)15(18)17(2)9-10-20-14-7-5-13(19-3)6-8-14/h5-8,12H,4,9-11,16H2,1-3H3. The molecule has 2 N–H and O–H groups in total. The summed E-state index contributed by atoms with van der Waals surface area (Å²) in [6.07, 6.45) is 0.763. The van der Waals surface area contributed by atoms with E-state index in [1.807, 2.05) is 31.2 Å². The Morgan fingerprint density at radius 3 is 2.40 bits per heavy atom. The lowest BCUT2D eigenvalue weighted by atomic mass is 10.1. The van der Waals surface area contributed by atoms with Gasteiger partial charge in [0.25, 0.3) is 0 Å². The molecule has 1 atom stereocenters. The summed E-state index contributed by atoms with van der Waals surface area (Å²) in [5, 5.41) is 0. The van der Waals surface area contributed by atoms with Crippen molar-refractivity contribution >= 4 is 5.91 Å². The number of nitrogens with two attached hydrogens (primary N) is 1. The van der Waals surface area contributed by atoms with E-state index < -0.39 is 0 Å². The quantitative estimate of drug-likeness (QED) is 0.784. The molecule has 0 fully saturated rings. The molecule has 5 nitrogen and oxygen atoms in total. The molecule has 112 valence electrons. The number of hydrogen-bond donors (Lipinski definition) is 1. The number of methoxy groups -OCH3 is 1. The molecule has 0 bridgehead atoms. The fraction of sp³-hybridized carbons (Fsp3) is 0.533. The maximum atomic E-state index is 12.0. The summed E-state index contributed by atoms with van der Waals surface area (Å²) >= 11 is 0. The minimum Gasteiger partial charge on any atom is -0.497 e. The molecule has 0 aliphatic heterocycles. The molecule has 1 amide bonds. The molecule has 0 heterocycles. The minimum atomic E-state index is -0.0963. The van der Waals surface area contributed by atoms with Crippen LogP contribution in [-0.4, -0.2) is 44.7 Å². The van der Waals surface area contributed by atoms with Crippen LogP contribution >= 0.6 is 0 Å². The molecule has 5 heteroatoms. The van der Waals surface area contributed by atoms with E-state index in [0.29, 0.717) is 19.7 Å². The van der Waals surface area contributed by atoms with Crippen molar-refractivity contribution in [1.82, 2.24) is 4.90 Å². The maximum absolute atomic E-state index is 12.0. The smallest absolute Gasteiger partial charge is 0.226 e. The fourth-order valence-electron chi connectivity index (χ4n) is 1.84. The van der Waals surface area contributed by atoms with Crippen LogP contribution in [-0.2, 0) is 4.79 Å². The number of likely N-dealkylation sites (N-methyl/N-ethyl adjacent to an activating group) is 1. The maximum Gasteiger partial charge on any atom is 0.226 e. The van der Waals surface area contributed by atoms with Crippen molar-refractivity contribution in [2.75, 3.05) is 33.9 Å². The van der Waals surface area contributed by atoms with Gasteiger partial charge in [-0.05, 0) is 30.7 Å². The number of nitrogens with zero attached hydrogens (tertiary/aromatic N) is 1. The average molecular weight is 280 g/mol. The number of rotatable bonds is 8. The highest BCUT2D eigenvalue weighted by atomic mass is 16.5. The van der Waals surface area contributed by atoms with Crippen LogP contribution in [0.4, 0.5) is 0 Å². The van der Waals surface area contributed by atoms with Gasteiger partial charge in [0.2, 0.25) is 5.91 Å². The summed E-state index contributed by atoms with van der Waals surface area (Å²) < 4.78 is 10.7. The molecule has 0 radical (unpaired) electrons. The molecular formula is C15H24N2O3. The van der Waals surface area contributed by atoms with Gasteiger partial charge in [0.15, 0.2) is 0 Å². The van der Waals surface area contributed by atoms with Crippen molar-refractivity contribution in [2.24, 2.45) is 11.7 Å². The van der Waals surface area contributed by atoms with Crippen LogP contribution in [0.3, 0.4) is 0 Å². The van der Waals surface area contributed by atoms with Crippen LogP contribution in [0.15, 0.2) is 24.3 Å². The summed E-state index contributed by atoms with van der Waals surface area (Å²) in [5.74, 6) is 1.53. The molecule has 1 rings (SSSR count). The van der Waals surface area contributed by atoms with Crippen molar-refractivity contribution in [3.8, 4) is 11.5 Å². The molecule has 20 heavy (non-hydrogen) atoms. The van der Waals surface area contributed by atoms with Gasteiger partial charge in [-0.25, -0.2) is 0 Å². The van der Waals surface area contributed by atoms with Crippen LogP contribution in [0.2, 0.25) is 0 Å². The lowest BCUT2D eigenvalue weighted by Gasteiger charge is -2.22. The van der Waals surface area contributed by atoms with Gasteiger partial charge in [0, 0.05) is 13.6 Å². The number of hydrogen-bond acceptors (Lipinski definition) is 4. The molecule has 1 aromatic rings. The number of carbonyl (C=O) groups excluding carboxylic acids is 1. The third-order valence-electron chi connectivity index (χ3n) is 3.26. The first-order chi connectivity index (χ1) is 9.62. The Morgan fingerprint density at radius 1 is 1.30 bits per heavy atom. The Balaban J connectivity index is 2.37. The van der Waals surface area contributed by atoms with Crippen LogP contribution in [0.5, 0.6) is 11.5 Å². The van der Waals surface area contributed by atoms with Crippen LogP contribution in [0, 0.1) is 5.92 Å². The first-order valence-corrected chi connectivity index (χ1v) is 6.84. The lowest BCUT2D eigenvalue weighted by molar-refractivity contribution is -0.134. The zero-order valence-electron chi connectivity index (χ0n) is 12.5. The molecule has 0 aromatic heterocycles. The van der Waals surface area contributed by atoms with E-state index in [1.165, 1.54) is 0 Å². The van der Waals surface area contributed by atoms with E-state index in [2.05, 4.69) is 0 Å². The number of benzene rings is 1. The molecular weight excluding hydrogens is 256 g/mol. The van der Waals surface area contributed by atoms with Gasteiger partial charge in [-0.15, -0.1) is 0 Å². The van der Waals surface area contributed by atoms with Gasteiger partial charge < -0.3 is 20.1 Å². The third kappa shape index (κ3) is 4.74. The van der Waals surface area contributed by atoms with E-state index >= 15 is 0 Å². The fourth-order valence-corrected chi connectivity index (χ4v) is 1.84. The van der Waals surface area contributed by atoms with E-state index in [1.54, 1.807) is 19.1 Å². The molecule has 0 aliphatic rings. The second-order valence-electron chi connectivity index (χ2n) is 4.62. The molecule has 0 saturated carbocycles. The minimum absolute atomic E-state index is 0.0772. The van der Waals surface area contributed by atoms with Gasteiger partial charge >= 0.3 is 0 Å². The Bertz CT molecular complexity index is 402. The van der Waals surface area contributed by atoms with Crippen LogP contribution in [0.1, 0.15) is 13.3 Å². The first kappa shape index (κ1) is 16.3. The monoisotopic (exact) mass is 280 g/mol. The number of amides is 1. The molecule has 1 aromatic carbocycles. The predicted molar refractivity (Wildman–Crippen MR) is 79.0 cm³/mol. The second kappa shape index (κ2) is 8.43. The van der Waals surface area contributed by atoms with Crippen molar-refractivity contribution in [3.05, 3.63) is 24.3 Å². The molecule has 0 saturated heterocycles. The molecule has 0 spiro atoms. The lowest BCUT2D eigenvalue weighted by Crippen LogP contribution is -2.38. The predicted octanol–water partition coefficient (Wildman–Crippen LogP) is 1.52. The highest BCUT2D eigenvalue weighted by Gasteiger charge is 2.18. The largest absolute Gasteiger partial charge is 0.497 e. The second-order valence-corrected chi connectivity index (χ2v) is 4.62. The van der Waals surface area contributed by atoms with Crippen molar-refractivity contribution in [3.63, 3.8) is 0 Å². The van der Waals surface area contributed by atoms with Gasteiger partial charge in [0.05, 0.1) is 19.6 Å². The van der Waals surface area contributed by atoms with Gasteiger partial charge in [0.1, 0.15) is 18.1 Å². The summed E-state index contributed by atoms with van der Waals surface area (Å²) in [6.45, 7) is 3.35. The number of ether oxygens (including phenoxy) is 2. The zero-order valence-corrected chi connectivity index (χ0v) is 12.5. The van der Waals surface area contributed by atoms with E-state index in [0.717, 1.165) is 17.9 Å². The molecule has 1 unspecified atom stereocenters. The number of carbonyl (C=O) groups is 1. The van der Waals surface area contributed by atoms with Gasteiger partial charge in [-0.3, -0.25) is 4.79 Å². The summed E-state index contributed by atoms with van der Waals surface area (Å²) in [7, 11) is 3.40. The highest BCUT2D eigenvalue weighted by Crippen LogP contribution is 2.16. The SMILES string of the molecule is CCC(CN)C(=O)N(C)CCOc1ccc(OC)cc1. The topological polar surface area (TPSA) is 64.8 Å². The van der Waals surface area contributed by atoms with Crippen molar-refractivity contribution < 1.29 is 14.3 Å². The molecule has 0 aliphatic carbocycles. The summed E-state index contributed by atoms with van der Waals surface area (Å²) in [6, 6.07) is 7.36. The van der Waals surface area contributed by atoms with E-state index in [-0.39, 0.29) is 11.8 Å². The summed E-state index contributed by atoms with van der Waals surface area (Å²) in [4.78, 5) is 13.7. The summed E-state index contributed by atoms with van der Waals surface area (Å²) in [5.41, 5.74) is 5.58. The highest BCUT2D eigenvalue weighted by molar-refractivity contribution is 5.78. The Hall–Kier alpha value is -1.75. The van der Waals surface area contributed by atoms with Gasteiger partial charge in [-0.1, -0.05) is 6.92 Å². The van der Waals surface area contributed by atoms with Crippen molar-refractivity contribution in [1.29, 1.82) is 0 Å². The van der Waals surface area contributed by atoms with Crippen LogP contribution < -0.4 is 15.2 Å².